The van der Waals surface area contributed by atoms with Crippen molar-refractivity contribution in [2.45, 2.75) is 6.10 Å². The monoisotopic (exact) mass is 367 g/mol. The number of halogens is 1. The first kappa shape index (κ1) is 16.4. The van der Waals surface area contributed by atoms with E-state index in [9.17, 15) is 4.79 Å². The number of carbonyl (C=O) groups is 1. The van der Waals surface area contributed by atoms with Crippen molar-refractivity contribution < 1.29 is 14.3 Å². The zero-order chi connectivity index (χ0) is 17.9. The molecule has 2 heterocycles. The Morgan fingerprint density at radius 2 is 1.96 bits per heavy atom. The van der Waals surface area contributed by atoms with Crippen LogP contribution in [0.4, 0.5) is 0 Å². The number of pyridine rings is 1. The number of nitrogens with one attached hydrogen (secondary N) is 1. The smallest absolute Gasteiger partial charge is 0.284 e. The van der Waals surface area contributed by atoms with Gasteiger partial charge in [0.1, 0.15) is 11.8 Å². The predicted octanol–water partition coefficient (Wildman–Crippen LogP) is 3.18. The number of hydrazone groups is 1. The molecule has 0 saturated carbocycles. The van der Waals surface area contributed by atoms with E-state index in [2.05, 4.69) is 15.5 Å². The molecular formula is C19H14ClN3O3. The maximum absolute atomic E-state index is 12.2. The van der Waals surface area contributed by atoms with Gasteiger partial charge in [0.25, 0.3) is 5.91 Å². The van der Waals surface area contributed by atoms with Crippen molar-refractivity contribution >= 4 is 34.6 Å². The van der Waals surface area contributed by atoms with Crippen molar-refractivity contribution in [3.63, 3.8) is 0 Å². The number of fused-ring (bicyclic) bond motifs is 2. The van der Waals surface area contributed by atoms with Gasteiger partial charge >= 0.3 is 0 Å². The highest BCUT2D eigenvalue weighted by molar-refractivity contribution is 6.32. The maximum Gasteiger partial charge on any atom is 0.284 e. The van der Waals surface area contributed by atoms with E-state index >= 15 is 0 Å². The Hall–Kier alpha value is -3.12. The van der Waals surface area contributed by atoms with Crippen LogP contribution in [0.15, 0.2) is 59.7 Å². The van der Waals surface area contributed by atoms with E-state index in [-0.39, 0.29) is 6.61 Å². The third-order valence-electron chi connectivity index (χ3n) is 3.88. The molecule has 1 aliphatic heterocycles. The molecule has 1 amide bonds. The first-order chi connectivity index (χ1) is 12.7. The number of nitrogens with zero attached hydrogens (tertiary/aromatic N) is 2. The fourth-order valence-corrected chi connectivity index (χ4v) is 2.78. The number of hydrogen-bond donors (Lipinski definition) is 1. The SMILES string of the molecule is O=C(N/N=C/c1cc2ccccc2nc1Cl)C1COc2ccccc2O1. The van der Waals surface area contributed by atoms with Crippen molar-refractivity contribution in [2.24, 2.45) is 5.10 Å². The Balaban J connectivity index is 1.44. The van der Waals surface area contributed by atoms with Crippen molar-refractivity contribution in [3.05, 3.63) is 65.3 Å². The average Bonchev–Trinajstić information content (AvgIpc) is 2.68. The molecule has 1 atom stereocenters. The summed E-state index contributed by atoms with van der Waals surface area (Å²) < 4.78 is 11.1. The summed E-state index contributed by atoms with van der Waals surface area (Å²) in [7, 11) is 0. The van der Waals surface area contributed by atoms with Gasteiger partial charge in [0.05, 0.1) is 11.7 Å². The minimum Gasteiger partial charge on any atom is -0.485 e. The van der Waals surface area contributed by atoms with Crippen LogP contribution in [-0.4, -0.2) is 29.8 Å². The van der Waals surface area contributed by atoms with E-state index in [1.165, 1.54) is 6.21 Å². The van der Waals surface area contributed by atoms with Crippen LogP contribution < -0.4 is 14.9 Å². The second kappa shape index (κ2) is 7.01. The Labute approximate surface area is 154 Å². The molecule has 0 fully saturated rings. The molecule has 0 saturated heterocycles. The van der Waals surface area contributed by atoms with Crippen LogP contribution in [0, 0.1) is 0 Å². The predicted molar refractivity (Wildman–Crippen MR) is 98.8 cm³/mol. The molecule has 3 aromatic rings. The lowest BCUT2D eigenvalue weighted by molar-refractivity contribution is -0.130. The molecule has 4 rings (SSSR count). The molecule has 0 spiro atoms. The summed E-state index contributed by atoms with van der Waals surface area (Å²) in [5.41, 5.74) is 3.85. The van der Waals surface area contributed by atoms with Crippen LogP contribution in [0.5, 0.6) is 11.5 Å². The lowest BCUT2D eigenvalue weighted by atomic mass is 10.2. The number of ether oxygens (including phenoxy) is 2. The van der Waals surface area contributed by atoms with Crippen LogP contribution in [0.1, 0.15) is 5.56 Å². The summed E-state index contributed by atoms with van der Waals surface area (Å²) in [5, 5.41) is 5.20. The van der Waals surface area contributed by atoms with Crippen molar-refractivity contribution in [1.29, 1.82) is 0 Å². The van der Waals surface area contributed by atoms with Gasteiger partial charge in [-0.05, 0) is 24.3 Å². The van der Waals surface area contributed by atoms with E-state index in [0.29, 0.717) is 22.2 Å². The first-order valence-corrected chi connectivity index (χ1v) is 8.35. The van der Waals surface area contributed by atoms with Gasteiger partial charge in [-0.2, -0.15) is 5.10 Å². The van der Waals surface area contributed by atoms with E-state index in [4.69, 9.17) is 21.1 Å². The van der Waals surface area contributed by atoms with Gasteiger partial charge in [-0.15, -0.1) is 0 Å². The minimum atomic E-state index is -0.771. The third kappa shape index (κ3) is 3.32. The average molecular weight is 368 g/mol. The molecule has 0 aliphatic carbocycles. The molecule has 26 heavy (non-hydrogen) atoms. The van der Waals surface area contributed by atoms with Gasteiger partial charge in [-0.25, -0.2) is 10.4 Å². The molecule has 1 aromatic heterocycles. The summed E-state index contributed by atoms with van der Waals surface area (Å²) in [5.74, 6) is 0.749. The van der Waals surface area contributed by atoms with Crippen LogP contribution in [-0.2, 0) is 4.79 Å². The summed E-state index contributed by atoms with van der Waals surface area (Å²) in [6, 6.07) is 16.7. The lowest BCUT2D eigenvalue weighted by Crippen LogP contribution is -2.42. The van der Waals surface area contributed by atoms with Gasteiger partial charge in [0, 0.05) is 10.9 Å². The third-order valence-corrected chi connectivity index (χ3v) is 4.19. The number of hydrogen-bond acceptors (Lipinski definition) is 5. The fourth-order valence-electron chi connectivity index (χ4n) is 2.59. The molecular weight excluding hydrogens is 354 g/mol. The topological polar surface area (TPSA) is 72.8 Å². The summed E-state index contributed by atoms with van der Waals surface area (Å²) in [6.07, 6.45) is 0.685. The second-order valence-corrected chi connectivity index (χ2v) is 6.02. The normalized spacial score (nSPS) is 16.0. The molecule has 6 nitrogen and oxygen atoms in total. The van der Waals surface area contributed by atoms with E-state index in [1.807, 2.05) is 42.5 Å². The Morgan fingerprint density at radius 1 is 1.19 bits per heavy atom. The van der Waals surface area contributed by atoms with Crippen LogP contribution >= 0.6 is 11.6 Å². The fraction of sp³-hybridized carbons (Fsp3) is 0.105. The highest BCUT2D eigenvalue weighted by Gasteiger charge is 2.26. The molecule has 130 valence electrons. The quantitative estimate of drug-likeness (QED) is 0.438. The van der Waals surface area contributed by atoms with Gasteiger partial charge in [0.2, 0.25) is 6.10 Å². The number of carbonyl (C=O) groups excluding carboxylic acids is 1. The lowest BCUT2D eigenvalue weighted by Gasteiger charge is -2.24. The van der Waals surface area contributed by atoms with E-state index < -0.39 is 12.0 Å². The summed E-state index contributed by atoms with van der Waals surface area (Å²) in [4.78, 5) is 16.5. The van der Waals surface area contributed by atoms with Gasteiger partial charge in [0.15, 0.2) is 11.5 Å². The summed E-state index contributed by atoms with van der Waals surface area (Å²) in [6.45, 7) is 0.122. The maximum atomic E-state index is 12.2. The first-order valence-electron chi connectivity index (χ1n) is 7.97. The van der Waals surface area contributed by atoms with Gasteiger partial charge < -0.3 is 9.47 Å². The Kier molecular flexibility index (Phi) is 4.41. The summed E-state index contributed by atoms with van der Waals surface area (Å²) >= 11 is 6.16. The number of para-hydroxylation sites is 3. The zero-order valence-electron chi connectivity index (χ0n) is 13.6. The van der Waals surface area contributed by atoms with E-state index in [1.54, 1.807) is 12.1 Å². The number of rotatable bonds is 3. The zero-order valence-corrected chi connectivity index (χ0v) is 14.3. The Bertz CT molecular complexity index is 1010. The standard InChI is InChI=1S/C19H14ClN3O3/c20-18-13(9-12-5-1-2-6-14(12)22-18)10-21-23-19(24)17-11-25-15-7-3-4-8-16(15)26-17/h1-10,17H,11H2,(H,23,24)/b21-10+. The highest BCUT2D eigenvalue weighted by atomic mass is 35.5. The largest absolute Gasteiger partial charge is 0.485 e. The molecule has 2 aromatic carbocycles. The number of aromatic nitrogens is 1. The van der Waals surface area contributed by atoms with E-state index in [0.717, 1.165) is 10.9 Å². The second-order valence-electron chi connectivity index (χ2n) is 5.66. The van der Waals surface area contributed by atoms with Gasteiger partial charge in [-0.3, -0.25) is 4.79 Å². The van der Waals surface area contributed by atoms with Crippen molar-refractivity contribution in [3.8, 4) is 11.5 Å². The molecule has 0 radical (unpaired) electrons. The van der Waals surface area contributed by atoms with Crippen molar-refractivity contribution in [1.82, 2.24) is 10.4 Å². The molecule has 7 heteroatoms. The number of amides is 1. The molecule has 1 N–H and O–H groups in total. The molecule has 1 aliphatic rings. The van der Waals surface area contributed by atoms with Crippen molar-refractivity contribution in [2.75, 3.05) is 6.61 Å². The van der Waals surface area contributed by atoms with Crippen LogP contribution in [0.25, 0.3) is 10.9 Å². The van der Waals surface area contributed by atoms with Gasteiger partial charge in [-0.1, -0.05) is 41.9 Å². The minimum absolute atomic E-state index is 0.122. The Morgan fingerprint density at radius 3 is 2.85 bits per heavy atom. The number of benzene rings is 2. The highest BCUT2D eigenvalue weighted by Crippen LogP contribution is 2.30. The van der Waals surface area contributed by atoms with Crippen LogP contribution in [0.2, 0.25) is 5.15 Å². The molecule has 0 bridgehead atoms. The molecule has 1 unspecified atom stereocenters. The van der Waals surface area contributed by atoms with Crippen LogP contribution in [0.3, 0.4) is 0 Å².